The normalized spacial score (nSPS) is 10.4. The molecule has 0 saturated carbocycles. The number of benzene rings is 2. The van der Waals surface area contributed by atoms with Crippen molar-refractivity contribution in [3.8, 4) is 11.5 Å². The van der Waals surface area contributed by atoms with Crippen LogP contribution >= 0.6 is 0 Å². The third-order valence-corrected chi connectivity index (χ3v) is 2.85. The lowest BCUT2D eigenvalue weighted by atomic mass is 10.2. The van der Waals surface area contributed by atoms with Gasteiger partial charge in [-0.3, -0.25) is 10.8 Å². The van der Waals surface area contributed by atoms with Gasteiger partial charge >= 0.3 is 0 Å². The second-order valence-corrected chi connectivity index (χ2v) is 4.10. The first kappa shape index (κ1) is 11.5. The summed E-state index contributed by atoms with van der Waals surface area (Å²) in [5, 5.41) is 0.963. The molecular formula is C15H13N3O. The first-order chi connectivity index (χ1) is 9.36. The molecule has 0 aliphatic heterocycles. The summed E-state index contributed by atoms with van der Waals surface area (Å²) in [6.07, 6.45) is 1.71. The van der Waals surface area contributed by atoms with Gasteiger partial charge in [-0.2, -0.15) is 0 Å². The van der Waals surface area contributed by atoms with E-state index in [1.54, 1.807) is 6.20 Å². The van der Waals surface area contributed by atoms with Crippen molar-refractivity contribution in [3.05, 3.63) is 60.8 Å². The molecule has 3 N–H and O–H groups in total. The second kappa shape index (κ2) is 4.96. The number of hydrogen-bond acceptors (Lipinski definition) is 4. The molecule has 19 heavy (non-hydrogen) atoms. The lowest BCUT2D eigenvalue weighted by Crippen LogP contribution is -2.07. The Kier molecular flexibility index (Phi) is 3.00. The van der Waals surface area contributed by atoms with E-state index in [0.29, 0.717) is 0 Å². The fourth-order valence-corrected chi connectivity index (χ4v) is 1.94. The van der Waals surface area contributed by atoms with Crippen LogP contribution < -0.4 is 16.0 Å². The highest BCUT2D eigenvalue weighted by molar-refractivity contribution is 5.91. The summed E-state index contributed by atoms with van der Waals surface area (Å²) in [5.41, 5.74) is 4.34. The summed E-state index contributed by atoms with van der Waals surface area (Å²) < 4.78 is 5.77. The molecule has 0 aliphatic rings. The van der Waals surface area contributed by atoms with Crippen molar-refractivity contribution < 1.29 is 4.74 Å². The van der Waals surface area contributed by atoms with E-state index in [-0.39, 0.29) is 0 Å². The van der Waals surface area contributed by atoms with E-state index in [2.05, 4.69) is 10.4 Å². The molecule has 0 atom stereocenters. The highest BCUT2D eigenvalue weighted by Gasteiger charge is 2.03. The maximum Gasteiger partial charge on any atom is 0.129 e. The molecule has 0 radical (unpaired) electrons. The molecule has 94 valence electrons. The lowest BCUT2D eigenvalue weighted by molar-refractivity contribution is 0.483. The summed E-state index contributed by atoms with van der Waals surface area (Å²) in [7, 11) is 0. The van der Waals surface area contributed by atoms with Crippen LogP contribution in [0.15, 0.2) is 60.8 Å². The van der Waals surface area contributed by atoms with Crippen LogP contribution in [0.5, 0.6) is 11.5 Å². The standard InChI is InChI=1S/C15H13N3O/c16-18-14-8-9-17-15-10-12(6-7-13(14)15)19-11-4-2-1-3-5-11/h1-10H,16H2,(H,17,18). The number of nitrogens with two attached hydrogens (primary N) is 1. The fourth-order valence-electron chi connectivity index (χ4n) is 1.94. The number of nitrogens with one attached hydrogen (secondary N) is 1. The van der Waals surface area contributed by atoms with Gasteiger partial charge in [0.25, 0.3) is 0 Å². The van der Waals surface area contributed by atoms with E-state index in [1.807, 2.05) is 54.6 Å². The summed E-state index contributed by atoms with van der Waals surface area (Å²) in [5.74, 6) is 7.02. The molecule has 0 aliphatic carbocycles. The minimum Gasteiger partial charge on any atom is -0.457 e. The minimum absolute atomic E-state index is 0.750. The molecule has 0 fully saturated rings. The first-order valence-corrected chi connectivity index (χ1v) is 5.95. The molecule has 0 saturated heterocycles. The van der Waals surface area contributed by atoms with Crippen molar-refractivity contribution in [2.24, 2.45) is 5.84 Å². The minimum atomic E-state index is 0.750. The average Bonchev–Trinajstić information content (AvgIpc) is 2.47. The fraction of sp³-hybridized carbons (Fsp3) is 0. The summed E-state index contributed by atoms with van der Waals surface area (Å²) in [6, 6.07) is 17.2. The number of pyridine rings is 1. The average molecular weight is 251 g/mol. The van der Waals surface area contributed by atoms with E-state index in [1.165, 1.54) is 0 Å². The predicted molar refractivity (Wildman–Crippen MR) is 76.1 cm³/mol. The van der Waals surface area contributed by atoms with Gasteiger partial charge in [-0.15, -0.1) is 0 Å². The molecule has 2 aromatic carbocycles. The largest absolute Gasteiger partial charge is 0.457 e. The summed E-state index contributed by atoms with van der Waals surface area (Å²) in [4.78, 5) is 4.32. The number of hydrazine groups is 1. The number of anilines is 1. The van der Waals surface area contributed by atoms with Gasteiger partial charge in [0, 0.05) is 17.6 Å². The zero-order chi connectivity index (χ0) is 13.1. The van der Waals surface area contributed by atoms with Crippen LogP contribution in [0.3, 0.4) is 0 Å². The Bertz CT molecular complexity index is 698. The molecular weight excluding hydrogens is 238 g/mol. The molecule has 3 rings (SSSR count). The van der Waals surface area contributed by atoms with E-state index < -0.39 is 0 Å². The number of nitrogen functional groups attached to an aromatic ring is 1. The van der Waals surface area contributed by atoms with Crippen LogP contribution in [0.1, 0.15) is 0 Å². The van der Waals surface area contributed by atoms with Gasteiger partial charge in [-0.1, -0.05) is 18.2 Å². The van der Waals surface area contributed by atoms with E-state index in [9.17, 15) is 0 Å². The number of fused-ring (bicyclic) bond motifs is 1. The highest BCUT2D eigenvalue weighted by Crippen LogP contribution is 2.27. The van der Waals surface area contributed by atoms with Crippen LogP contribution in [0.2, 0.25) is 0 Å². The van der Waals surface area contributed by atoms with Gasteiger partial charge in [0.15, 0.2) is 0 Å². The zero-order valence-corrected chi connectivity index (χ0v) is 10.2. The van der Waals surface area contributed by atoms with Crippen molar-refractivity contribution in [2.75, 3.05) is 5.43 Å². The Labute approximate surface area is 110 Å². The summed E-state index contributed by atoms with van der Waals surface area (Å²) in [6.45, 7) is 0. The van der Waals surface area contributed by atoms with Gasteiger partial charge in [-0.25, -0.2) is 0 Å². The Morgan fingerprint density at radius 2 is 1.79 bits per heavy atom. The Morgan fingerprint density at radius 3 is 2.58 bits per heavy atom. The monoisotopic (exact) mass is 251 g/mol. The van der Waals surface area contributed by atoms with Gasteiger partial charge in [-0.05, 0) is 30.3 Å². The number of hydrogen-bond donors (Lipinski definition) is 2. The van der Waals surface area contributed by atoms with Gasteiger partial charge in [0.2, 0.25) is 0 Å². The van der Waals surface area contributed by atoms with Gasteiger partial charge in [0.05, 0.1) is 11.2 Å². The molecule has 1 aromatic heterocycles. The maximum atomic E-state index is 5.77. The molecule has 0 unspecified atom stereocenters. The quantitative estimate of drug-likeness (QED) is 0.554. The van der Waals surface area contributed by atoms with Crippen LogP contribution in [-0.2, 0) is 0 Å². The third kappa shape index (κ3) is 2.34. The van der Waals surface area contributed by atoms with E-state index in [0.717, 1.165) is 28.1 Å². The summed E-state index contributed by atoms with van der Waals surface area (Å²) >= 11 is 0. The number of rotatable bonds is 3. The molecule has 0 bridgehead atoms. The van der Waals surface area contributed by atoms with E-state index in [4.69, 9.17) is 10.6 Å². The van der Waals surface area contributed by atoms with Crippen molar-refractivity contribution in [2.45, 2.75) is 0 Å². The molecule has 3 aromatic rings. The number of ether oxygens (including phenoxy) is 1. The zero-order valence-electron chi connectivity index (χ0n) is 10.2. The molecule has 4 nitrogen and oxygen atoms in total. The molecule has 4 heteroatoms. The maximum absolute atomic E-state index is 5.77. The van der Waals surface area contributed by atoms with Gasteiger partial charge < -0.3 is 10.2 Å². The van der Waals surface area contributed by atoms with Crippen molar-refractivity contribution >= 4 is 16.6 Å². The molecule has 0 amide bonds. The molecule has 0 spiro atoms. The van der Waals surface area contributed by atoms with Crippen LogP contribution in [0.4, 0.5) is 5.69 Å². The highest BCUT2D eigenvalue weighted by atomic mass is 16.5. The van der Waals surface area contributed by atoms with Crippen molar-refractivity contribution in [1.82, 2.24) is 4.98 Å². The number of aromatic nitrogens is 1. The van der Waals surface area contributed by atoms with Crippen LogP contribution in [-0.4, -0.2) is 4.98 Å². The van der Waals surface area contributed by atoms with Crippen LogP contribution in [0, 0.1) is 0 Å². The predicted octanol–water partition coefficient (Wildman–Crippen LogP) is 3.31. The molecule has 1 heterocycles. The van der Waals surface area contributed by atoms with E-state index >= 15 is 0 Å². The van der Waals surface area contributed by atoms with Crippen LogP contribution in [0.25, 0.3) is 10.9 Å². The van der Waals surface area contributed by atoms with Crippen molar-refractivity contribution in [1.29, 1.82) is 0 Å². The lowest BCUT2D eigenvalue weighted by Gasteiger charge is -2.08. The second-order valence-electron chi connectivity index (χ2n) is 4.10. The number of para-hydroxylation sites is 1. The number of nitrogens with zero attached hydrogens (tertiary/aromatic N) is 1. The topological polar surface area (TPSA) is 60.2 Å². The van der Waals surface area contributed by atoms with Crippen molar-refractivity contribution in [3.63, 3.8) is 0 Å². The Hall–Kier alpha value is -2.59. The Morgan fingerprint density at radius 1 is 0.947 bits per heavy atom. The smallest absolute Gasteiger partial charge is 0.129 e. The first-order valence-electron chi connectivity index (χ1n) is 5.95. The van der Waals surface area contributed by atoms with Gasteiger partial charge in [0.1, 0.15) is 11.5 Å². The third-order valence-electron chi connectivity index (χ3n) is 2.85. The Balaban J connectivity index is 1.98. The SMILES string of the molecule is NNc1ccnc2cc(Oc3ccccc3)ccc12.